The van der Waals surface area contributed by atoms with E-state index in [1.165, 1.54) is 5.56 Å². The molecule has 102 valence electrons. The third kappa shape index (κ3) is 4.79. The van der Waals surface area contributed by atoms with E-state index in [4.69, 9.17) is 9.15 Å². The zero-order valence-corrected chi connectivity index (χ0v) is 11.6. The summed E-state index contributed by atoms with van der Waals surface area (Å²) in [5.41, 5.74) is 1.23. The van der Waals surface area contributed by atoms with Crippen molar-refractivity contribution in [2.45, 2.75) is 32.9 Å². The lowest BCUT2D eigenvalue weighted by Crippen LogP contribution is -2.16. The summed E-state index contributed by atoms with van der Waals surface area (Å²) >= 11 is 0. The molecule has 3 heteroatoms. The largest absolute Gasteiger partial charge is 0.491 e. The summed E-state index contributed by atoms with van der Waals surface area (Å²) in [5.74, 6) is 1.95. The van der Waals surface area contributed by atoms with Gasteiger partial charge in [0.15, 0.2) is 0 Å². The van der Waals surface area contributed by atoms with E-state index in [0.717, 1.165) is 31.0 Å². The maximum atomic E-state index is 5.68. The van der Waals surface area contributed by atoms with Crippen molar-refractivity contribution in [2.24, 2.45) is 0 Å². The second-order valence-corrected chi connectivity index (χ2v) is 4.82. The smallest absolute Gasteiger partial charge is 0.120 e. The van der Waals surface area contributed by atoms with Gasteiger partial charge in [0.2, 0.25) is 0 Å². The van der Waals surface area contributed by atoms with Crippen LogP contribution in [0.5, 0.6) is 5.75 Å². The molecule has 0 fully saturated rings. The van der Waals surface area contributed by atoms with Gasteiger partial charge in [-0.1, -0.05) is 12.1 Å². The fourth-order valence-electron chi connectivity index (χ4n) is 1.90. The first kappa shape index (κ1) is 13.7. The molecule has 19 heavy (non-hydrogen) atoms. The van der Waals surface area contributed by atoms with Gasteiger partial charge in [-0.25, -0.2) is 0 Å². The van der Waals surface area contributed by atoms with Crippen LogP contribution < -0.4 is 10.1 Å². The van der Waals surface area contributed by atoms with Crippen LogP contribution in [0, 0.1) is 0 Å². The molecule has 1 N–H and O–H groups in total. The Morgan fingerprint density at radius 1 is 1.21 bits per heavy atom. The van der Waals surface area contributed by atoms with Crippen molar-refractivity contribution in [1.82, 2.24) is 5.32 Å². The van der Waals surface area contributed by atoms with Gasteiger partial charge in [0.1, 0.15) is 11.5 Å². The molecule has 0 aliphatic carbocycles. The lowest BCUT2D eigenvalue weighted by Gasteiger charge is -2.11. The molecule has 0 unspecified atom stereocenters. The molecule has 0 radical (unpaired) electrons. The highest BCUT2D eigenvalue weighted by molar-refractivity contribution is 5.28. The zero-order valence-electron chi connectivity index (χ0n) is 11.6. The van der Waals surface area contributed by atoms with Gasteiger partial charge >= 0.3 is 0 Å². The molecule has 1 heterocycles. The molecule has 0 amide bonds. The molecule has 3 nitrogen and oxygen atoms in total. The van der Waals surface area contributed by atoms with Crippen LogP contribution in [0.1, 0.15) is 25.2 Å². The first-order valence-corrected chi connectivity index (χ1v) is 6.73. The van der Waals surface area contributed by atoms with Crippen LogP contribution in [0.15, 0.2) is 47.1 Å². The predicted octanol–water partition coefficient (Wildman–Crippen LogP) is 3.40. The van der Waals surface area contributed by atoms with Gasteiger partial charge in [-0.3, -0.25) is 0 Å². The second-order valence-electron chi connectivity index (χ2n) is 4.82. The standard InChI is InChI=1S/C16H21NO2/c1-13(2)19-16-6-3-5-14(11-16)12-17-9-8-15-7-4-10-18-15/h3-7,10-11,13,17H,8-9,12H2,1-2H3. The van der Waals surface area contributed by atoms with E-state index in [-0.39, 0.29) is 6.10 Å². The summed E-state index contributed by atoms with van der Waals surface area (Å²) in [4.78, 5) is 0. The number of hydrogen-bond donors (Lipinski definition) is 1. The summed E-state index contributed by atoms with van der Waals surface area (Å²) < 4.78 is 11.0. The van der Waals surface area contributed by atoms with E-state index in [0.29, 0.717) is 0 Å². The Morgan fingerprint density at radius 2 is 2.11 bits per heavy atom. The van der Waals surface area contributed by atoms with Crippen LogP contribution in [0.25, 0.3) is 0 Å². The van der Waals surface area contributed by atoms with Crippen molar-refractivity contribution >= 4 is 0 Å². The number of nitrogens with one attached hydrogen (secondary N) is 1. The van der Waals surface area contributed by atoms with Gasteiger partial charge < -0.3 is 14.5 Å². The van der Waals surface area contributed by atoms with Crippen LogP contribution in [-0.4, -0.2) is 12.6 Å². The summed E-state index contributed by atoms with van der Waals surface area (Å²) in [7, 11) is 0. The second kappa shape index (κ2) is 7.00. The highest BCUT2D eigenvalue weighted by Gasteiger charge is 2.00. The number of benzene rings is 1. The number of ether oxygens (including phenoxy) is 1. The fourth-order valence-corrected chi connectivity index (χ4v) is 1.90. The minimum Gasteiger partial charge on any atom is -0.491 e. The zero-order chi connectivity index (χ0) is 13.5. The molecular weight excluding hydrogens is 238 g/mol. The summed E-state index contributed by atoms with van der Waals surface area (Å²) in [6, 6.07) is 12.1. The molecule has 0 atom stereocenters. The van der Waals surface area contributed by atoms with Gasteiger partial charge in [-0.15, -0.1) is 0 Å². The molecule has 2 aromatic rings. The van der Waals surface area contributed by atoms with Crippen molar-refractivity contribution in [3.8, 4) is 5.75 Å². The van der Waals surface area contributed by atoms with Crippen LogP contribution in [0.3, 0.4) is 0 Å². The molecule has 0 saturated carbocycles. The number of furan rings is 1. The van der Waals surface area contributed by atoms with Crippen molar-refractivity contribution in [3.05, 3.63) is 54.0 Å². The SMILES string of the molecule is CC(C)Oc1cccc(CNCCc2ccco2)c1. The Labute approximate surface area is 114 Å². The molecule has 2 rings (SSSR count). The Morgan fingerprint density at radius 3 is 2.84 bits per heavy atom. The first-order valence-electron chi connectivity index (χ1n) is 6.73. The lowest BCUT2D eigenvalue weighted by molar-refractivity contribution is 0.242. The molecule has 0 saturated heterocycles. The minimum absolute atomic E-state index is 0.210. The monoisotopic (exact) mass is 259 g/mol. The van der Waals surface area contributed by atoms with E-state index in [9.17, 15) is 0 Å². The van der Waals surface area contributed by atoms with Gasteiger partial charge in [-0.05, 0) is 43.7 Å². The third-order valence-corrected chi connectivity index (χ3v) is 2.73. The molecule has 1 aromatic heterocycles. The van der Waals surface area contributed by atoms with E-state index >= 15 is 0 Å². The number of hydrogen-bond acceptors (Lipinski definition) is 3. The lowest BCUT2D eigenvalue weighted by atomic mass is 10.2. The summed E-state index contributed by atoms with van der Waals surface area (Å²) in [6.07, 6.45) is 2.83. The first-order chi connectivity index (χ1) is 9.24. The maximum absolute atomic E-state index is 5.68. The van der Waals surface area contributed by atoms with E-state index in [1.54, 1.807) is 6.26 Å². The topological polar surface area (TPSA) is 34.4 Å². The molecule has 0 bridgehead atoms. The molecule has 0 aliphatic heterocycles. The highest BCUT2D eigenvalue weighted by atomic mass is 16.5. The minimum atomic E-state index is 0.210. The maximum Gasteiger partial charge on any atom is 0.120 e. The van der Waals surface area contributed by atoms with E-state index in [2.05, 4.69) is 17.4 Å². The van der Waals surface area contributed by atoms with E-state index < -0.39 is 0 Å². The van der Waals surface area contributed by atoms with Crippen molar-refractivity contribution in [3.63, 3.8) is 0 Å². The number of rotatable bonds is 7. The van der Waals surface area contributed by atoms with Gasteiger partial charge in [0.25, 0.3) is 0 Å². The van der Waals surface area contributed by atoms with Gasteiger partial charge in [-0.2, -0.15) is 0 Å². The van der Waals surface area contributed by atoms with E-state index in [1.807, 2.05) is 38.1 Å². The van der Waals surface area contributed by atoms with Crippen LogP contribution >= 0.6 is 0 Å². The highest BCUT2D eigenvalue weighted by Crippen LogP contribution is 2.14. The van der Waals surface area contributed by atoms with Gasteiger partial charge in [0, 0.05) is 19.5 Å². The van der Waals surface area contributed by atoms with Crippen LogP contribution in [0.2, 0.25) is 0 Å². The molecule has 0 aliphatic rings. The Hall–Kier alpha value is -1.74. The average Bonchev–Trinajstić information content (AvgIpc) is 2.87. The fraction of sp³-hybridized carbons (Fsp3) is 0.375. The molecule has 0 spiro atoms. The summed E-state index contributed by atoms with van der Waals surface area (Å²) in [5, 5.41) is 3.40. The normalized spacial score (nSPS) is 10.9. The van der Waals surface area contributed by atoms with Crippen LogP contribution in [-0.2, 0) is 13.0 Å². The third-order valence-electron chi connectivity index (χ3n) is 2.73. The Balaban J connectivity index is 1.76. The van der Waals surface area contributed by atoms with Crippen molar-refractivity contribution in [2.75, 3.05) is 6.54 Å². The molecular formula is C16H21NO2. The average molecular weight is 259 g/mol. The molecule has 1 aromatic carbocycles. The van der Waals surface area contributed by atoms with Crippen molar-refractivity contribution < 1.29 is 9.15 Å². The predicted molar refractivity (Wildman–Crippen MR) is 76.3 cm³/mol. The quantitative estimate of drug-likeness (QED) is 0.774. The van der Waals surface area contributed by atoms with Crippen molar-refractivity contribution in [1.29, 1.82) is 0 Å². The Kier molecular flexibility index (Phi) is 5.04. The van der Waals surface area contributed by atoms with Crippen LogP contribution in [0.4, 0.5) is 0 Å². The Bertz CT molecular complexity index is 477. The van der Waals surface area contributed by atoms with Gasteiger partial charge in [0.05, 0.1) is 12.4 Å². The summed E-state index contributed by atoms with van der Waals surface area (Å²) in [6.45, 7) is 5.82.